The van der Waals surface area contributed by atoms with Gasteiger partial charge in [0.1, 0.15) is 0 Å². The van der Waals surface area contributed by atoms with Gasteiger partial charge in [0, 0.05) is 35.4 Å². The van der Waals surface area contributed by atoms with E-state index in [0.29, 0.717) is 11.4 Å². The van der Waals surface area contributed by atoms with Crippen LogP contribution < -0.4 is 4.90 Å². The lowest BCUT2D eigenvalue weighted by molar-refractivity contribution is -0.118. The molecule has 0 radical (unpaired) electrons. The predicted molar refractivity (Wildman–Crippen MR) is 121 cm³/mol. The molecule has 1 fully saturated rings. The Morgan fingerprint density at radius 1 is 1.04 bits per heavy atom. The fraction of sp³-hybridized carbons (Fsp3) is 0.435. The van der Waals surface area contributed by atoms with Gasteiger partial charge in [0.05, 0.1) is 6.42 Å². The van der Waals surface area contributed by atoms with E-state index in [2.05, 4.69) is 25.7 Å². The summed E-state index contributed by atoms with van der Waals surface area (Å²) in [5.74, 6) is 0.151. The maximum Gasteiger partial charge on any atom is 0.231 e. The highest BCUT2D eigenvalue weighted by Gasteiger charge is 2.32. The van der Waals surface area contributed by atoms with Gasteiger partial charge in [-0.1, -0.05) is 41.9 Å². The van der Waals surface area contributed by atoms with Crippen LogP contribution in [0, 0.1) is 0 Å². The number of likely N-dealkylation sites (tertiary alicyclic amines) is 1. The second kappa shape index (κ2) is 9.78. The summed E-state index contributed by atoms with van der Waals surface area (Å²) in [7, 11) is 0. The Hall–Kier alpha value is -1.55. The lowest BCUT2D eigenvalue weighted by atomic mass is 9.96. The van der Waals surface area contributed by atoms with Crippen molar-refractivity contribution >= 4 is 35.6 Å². The molecular formula is C23H30Cl2N2O. The molecule has 0 spiro atoms. The summed E-state index contributed by atoms with van der Waals surface area (Å²) in [5, 5.41) is 0.691. The fourth-order valence-electron chi connectivity index (χ4n) is 3.81. The van der Waals surface area contributed by atoms with Crippen molar-refractivity contribution in [1.82, 2.24) is 4.90 Å². The Labute approximate surface area is 180 Å². The Balaban J connectivity index is 0.00000280. The second-order valence-corrected chi connectivity index (χ2v) is 8.73. The van der Waals surface area contributed by atoms with Crippen LogP contribution in [0.25, 0.3) is 0 Å². The summed E-state index contributed by atoms with van der Waals surface area (Å²) in [5.41, 5.74) is 2.16. The summed E-state index contributed by atoms with van der Waals surface area (Å²) in [6, 6.07) is 17.8. The van der Waals surface area contributed by atoms with Crippen LogP contribution >= 0.6 is 24.0 Å². The van der Waals surface area contributed by atoms with Crippen LogP contribution in [0.4, 0.5) is 5.69 Å². The largest absolute Gasteiger partial charge is 0.309 e. The van der Waals surface area contributed by atoms with Crippen LogP contribution in [0.5, 0.6) is 0 Å². The number of piperidine rings is 1. The molecule has 0 saturated carbocycles. The van der Waals surface area contributed by atoms with Crippen LogP contribution in [0.2, 0.25) is 5.02 Å². The van der Waals surface area contributed by atoms with Crippen LogP contribution in [0.15, 0.2) is 54.6 Å². The van der Waals surface area contributed by atoms with Crippen molar-refractivity contribution in [3.05, 3.63) is 65.2 Å². The van der Waals surface area contributed by atoms with E-state index in [9.17, 15) is 4.79 Å². The van der Waals surface area contributed by atoms with Crippen molar-refractivity contribution in [3.8, 4) is 0 Å². The molecule has 0 N–H and O–H groups in total. The highest BCUT2D eigenvalue weighted by molar-refractivity contribution is 6.30. The number of anilines is 1. The van der Waals surface area contributed by atoms with E-state index in [-0.39, 0.29) is 29.9 Å². The van der Waals surface area contributed by atoms with Crippen LogP contribution in [0.1, 0.15) is 39.2 Å². The van der Waals surface area contributed by atoms with E-state index < -0.39 is 0 Å². The molecule has 1 amide bonds. The zero-order valence-corrected chi connectivity index (χ0v) is 18.5. The molecule has 3 nitrogen and oxygen atoms in total. The Morgan fingerprint density at radius 3 is 2.14 bits per heavy atom. The minimum absolute atomic E-state index is 0. The summed E-state index contributed by atoms with van der Waals surface area (Å²) < 4.78 is 0. The van der Waals surface area contributed by atoms with Gasteiger partial charge in [-0.2, -0.15) is 0 Å². The third kappa shape index (κ3) is 5.73. The maximum absolute atomic E-state index is 13.3. The highest BCUT2D eigenvalue weighted by atomic mass is 35.5. The standard InChI is InChI=1S/C23H29ClN2O.ClH/c1-23(2,3)25-15-13-21(14-16-25)26(20-11-9-19(24)10-12-20)22(27)17-18-7-5-4-6-8-18;/h4-12,21H,13-17H2,1-3H3;1H. The minimum Gasteiger partial charge on any atom is -0.309 e. The molecule has 152 valence electrons. The van der Waals surface area contributed by atoms with E-state index in [4.69, 9.17) is 11.6 Å². The first-order chi connectivity index (χ1) is 12.8. The first-order valence-corrected chi connectivity index (χ1v) is 10.1. The molecule has 1 aliphatic rings. The summed E-state index contributed by atoms with van der Waals surface area (Å²) in [6.45, 7) is 8.79. The van der Waals surface area contributed by atoms with Crippen molar-refractivity contribution in [3.63, 3.8) is 0 Å². The fourth-order valence-corrected chi connectivity index (χ4v) is 3.94. The molecule has 1 saturated heterocycles. The third-order valence-corrected chi connectivity index (χ3v) is 5.60. The topological polar surface area (TPSA) is 23.6 Å². The quantitative estimate of drug-likeness (QED) is 0.642. The van der Waals surface area contributed by atoms with E-state index in [1.165, 1.54) is 0 Å². The number of amides is 1. The van der Waals surface area contributed by atoms with Gasteiger partial charge < -0.3 is 4.90 Å². The van der Waals surface area contributed by atoms with Gasteiger partial charge in [-0.25, -0.2) is 0 Å². The molecule has 1 heterocycles. The number of benzene rings is 2. The molecule has 0 aliphatic carbocycles. The van der Waals surface area contributed by atoms with Crippen molar-refractivity contribution in [1.29, 1.82) is 0 Å². The van der Waals surface area contributed by atoms with E-state index in [0.717, 1.165) is 37.2 Å². The molecule has 0 atom stereocenters. The van der Waals surface area contributed by atoms with Crippen molar-refractivity contribution < 1.29 is 4.79 Å². The van der Waals surface area contributed by atoms with Crippen molar-refractivity contribution in [2.24, 2.45) is 0 Å². The van der Waals surface area contributed by atoms with Crippen LogP contribution in [0.3, 0.4) is 0 Å². The molecule has 0 unspecified atom stereocenters. The van der Waals surface area contributed by atoms with Crippen LogP contribution in [-0.4, -0.2) is 35.5 Å². The number of hydrogen-bond acceptors (Lipinski definition) is 2. The maximum atomic E-state index is 13.3. The molecule has 28 heavy (non-hydrogen) atoms. The molecule has 2 aromatic rings. The normalized spacial score (nSPS) is 15.7. The molecule has 2 aromatic carbocycles. The van der Waals surface area contributed by atoms with Gasteiger partial charge in [-0.05, 0) is 63.4 Å². The SMILES string of the molecule is CC(C)(C)N1CCC(N(C(=O)Cc2ccccc2)c2ccc(Cl)cc2)CC1.Cl. The van der Waals surface area contributed by atoms with Gasteiger partial charge in [0.15, 0.2) is 0 Å². The van der Waals surface area contributed by atoms with Gasteiger partial charge >= 0.3 is 0 Å². The average molecular weight is 421 g/mol. The summed E-state index contributed by atoms with van der Waals surface area (Å²) in [4.78, 5) is 17.8. The Kier molecular flexibility index (Phi) is 7.94. The van der Waals surface area contributed by atoms with Crippen molar-refractivity contribution in [2.45, 2.75) is 51.6 Å². The molecule has 5 heteroatoms. The Morgan fingerprint density at radius 2 is 1.61 bits per heavy atom. The average Bonchev–Trinajstić information content (AvgIpc) is 2.64. The first-order valence-electron chi connectivity index (χ1n) is 9.71. The predicted octanol–water partition coefficient (Wildman–Crippen LogP) is 5.60. The van der Waals surface area contributed by atoms with Gasteiger partial charge in [0.2, 0.25) is 5.91 Å². The number of nitrogens with zero attached hydrogens (tertiary/aromatic N) is 2. The number of halogens is 2. The number of carbonyl (C=O) groups is 1. The molecule has 3 rings (SSSR count). The van der Waals surface area contributed by atoms with E-state index in [1.54, 1.807) is 0 Å². The van der Waals surface area contributed by atoms with Gasteiger partial charge in [-0.3, -0.25) is 9.69 Å². The second-order valence-electron chi connectivity index (χ2n) is 8.29. The molecule has 0 bridgehead atoms. The Bertz CT molecular complexity index is 748. The molecule has 1 aliphatic heterocycles. The number of carbonyl (C=O) groups excluding carboxylic acids is 1. The first kappa shape index (κ1) is 22.7. The third-order valence-electron chi connectivity index (χ3n) is 5.35. The lowest BCUT2D eigenvalue weighted by Crippen LogP contribution is -2.52. The minimum atomic E-state index is 0. The highest BCUT2D eigenvalue weighted by Crippen LogP contribution is 2.28. The van der Waals surface area contributed by atoms with Crippen LogP contribution in [-0.2, 0) is 11.2 Å². The summed E-state index contributed by atoms with van der Waals surface area (Å²) >= 11 is 6.07. The number of hydrogen-bond donors (Lipinski definition) is 0. The monoisotopic (exact) mass is 420 g/mol. The van der Waals surface area contributed by atoms with Gasteiger partial charge in [0.25, 0.3) is 0 Å². The van der Waals surface area contributed by atoms with E-state index in [1.807, 2.05) is 59.5 Å². The smallest absolute Gasteiger partial charge is 0.231 e. The lowest BCUT2D eigenvalue weighted by Gasteiger charge is -2.44. The zero-order chi connectivity index (χ0) is 19.4. The molecule has 0 aromatic heterocycles. The number of rotatable bonds is 4. The molecular weight excluding hydrogens is 391 g/mol. The van der Waals surface area contributed by atoms with Crippen molar-refractivity contribution in [2.75, 3.05) is 18.0 Å². The summed E-state index contributed by atoms with van der Waals surface area (Å²) in [6.07, 6.45) is 2.39. The van der Waals surface area contributed by atoms with E-state index >= 15 is 0 Å². The zero-order valence-electron chi connectivity index (χ0n) is 16.9. The van der Waals surface area contributed by atoms with Gasteiger partial charge in [-0.15, -0.1) is 12.4 Å².